The molecular weight excluding hydrogens is 335 g/mol. The Morgan fingerprint density at radius 1 is 1.15 bits per heavy atom. The van der Waals surface area contributed by atoms with Gasteiger partial charge in [0, 0.05) is 23.4 Å². The lowest BCUT2D eigenvalue weighted by molar-refractivity contribution is -0.110. The van der Waals surface area contributed by atoms with Crippen LogP contribution in [-0.2, 0) is 4.79 Å². The average Bonchev–Trinajstić information content (AvgIpc) is 2.90. The minimum atomic E-state index is -0.381. The van der Waals surface area contributed by atoms with E-state index in [1.807, 2.05) is 31.1 Å². The summed E-state index contributed by atoms with van der Waals surface area (Å²) in [5, 5.41) is 2.74. The third kappa shape index (κ3) is 3.86. The van der Waals surface area contributed by atoms with E-state index in [1.54, 1.807) is 25.3 Å². The van der Waals surface area contributed by atoms with Crippen LogP contribution in [0.15, 0.2) is 36.4 Å². The van der Waals surface area contributed by atoms with Gasteiger partial charge in [-0.3, -0.25) is 4.79 Å². The Balaban J connectivity index is 1.91. The molecule has 0 atom stereocenters. The zero-order valence-electron chi connectivity index (χ0n) is 15.0. The third-order valence-electron chi connectivity index (χ3n) is 4.06. The molecule has 3 rings (SSSR count). The van der Waals surface area contributed by atoms with Gasteiger partial charge in [-0.05, 0) is 56.1 Å². The summed E-state index contributed by atoms with van der Waals surface area (Å²) in [6.07, 6.45) is 1.72. The molecule has 26 heavy (non-hydrogen) atoms. The van der Waals surface area contributed by atoms with E-state index in [-0.39, 0.29) is 11.7 Å². The molecule has 0 aromatic heterocycles. The number of fused-ring (bicyclic) bond motifs is 1. The van der Waals surface area contributed by atoms with Gasteiger partial charge in [0.2, 0.25) is 0 Å². The zero-order valence-corrected chi connectivity index (χ0v) is 15.0. The fraction of sp³-hybridized carbons (Fsp3) is 0.250. The first-order chi connectivity index (χ1) is 12.5. The number of nitrogens with one attached hydrogen (secondary N) is 1. The van der Waals surface area contributed by atoms with E-state index in [4.69, 9.17) is 9.47 Å². The highest BCUT2D eigenvalue weighted by molar-refractivity contribution is 6.34. The molecule has 0 aliphatic carbocycles. The molecule has 2 aromatic carbocycles. The predicted octanol–water partition coefficient (Wildman–Crippen LogP) is 3.27. The second-order valence-corrected chi connectivity index (χ2v) is 6.26. The van der Waals surface area contributed by atoms with Crippen molar-refractivity contribution < 1.29 is 18.7 Å². The Kier molecular flexibility index (Phi) is 5.23. The lowest BCUT2D eigenvalue weighted by Gasteiger charge is -2.14. The van der Waals surface area contributed by atoms with Crippen molar-refractivity contribution in [2.75, 3.05) is 39.7 Å². The summed E-state index contributed by atoms with van der Waals surface area (Å²) >= 11 is 0. The Morgan fingerprint density at radius 3 is 2.69 bits per heavy atom. The minimum Gasteiger partial charge on any atom is -0.493 e. The Bertz CT molecular complexity index is 862. The highest BCUT2D eigenvalue weighted by Gasteiger charge is 2.24. The molecule has 6 heteroatoms. The molecule has 0 unspecified atom stereocenters. The number of anilines is 1. The quantitative estimate of drug-likeness (QED) is 0.807. The minimum absolute atomic E-state index is 0.253. The summed E-state index contributed by atoms with van der Waals surface area (Å²) in [5.41, 5.74) is 2.36. The van der Waals surface area contributed by atoms with E-state index in [0.717, 1.165) is 12.1 Å². The van der Waals surface area contributed by atoms with Crippen LogP contribution in [0, 0.1) is 5.82 Å². The summed E-state index contributed by atoms with van der Waals surface area (Å²) in [7, 11) is 5.52. The second-order valence-electron chi connectivity index (χ2n) is 6.26. The molecule has 0 saturated heterocycles. The van der Waals surface area contributed by atoms with Crippen molar-refractivity contribution in [1.29, 1.82) is 0 Å². The highest BCUT2D eigenvalue weighted by atomic mass is 19.1. The van der Waals surface area contributed by atoms with Crippen molar-refractivity contribution in [3.63, 3.8) is 0 Å². The van der Waals surface area contributed by atoms with E-state index in [1.165, 1.54) is 12.1 Å². The van der Waals surface area contributed by atoms with Crippen LogP contribution >= 0.6 is 0 Å². The van der Waals surface area contributed by atoms with Crippen molar-refractivity contribution in [2.24, 2.45) is 0 Å². The molecule has 136 valence electrons. The van der Waals surface area contributed by atoms with Crippen molar-refractivity contribution in [1.82, 2.24) is 4.90 Å². The average molecular weight is 356 g/mol. The van der Waals surface area contributed by atoms with E-state index < -0.39 is 0 Å². The van der Waals surface area contributed by atoms with Crippen LogP contribution in [-0.4, -0.2) is 45.2 Å². The van der Waals surface area contributed by atoms with Crippen molar-refractivity contribution in [2.45, 2.75) is 0 Å². The maximum Gasteiger partial charge on any atom is 0.256 e. The van der Waals surface area contributed by atoms with Gasteiger partial charge in [0.05, 0.1) is 7.11 Å². The normalized spacial score (nSPS) is 14.5. The van der Waals surface area contributed by atoms with E-state index in [0.29, 0.717) is 34.9 Å². The second kappa shape index (κ2) is 7.58. The molecule has 1 aliphatic heterocycles. The number of carbonyl (C=O) groups excluding carboxylic acids is 1. The Labute approximate surface area is 152 Å². The van der Waals surface area contributed by atoms with Gasteiger partial charge in [-0.2, -0.15) is 0 Å². The first kappa shape index (κ1) is 17.9. The van der Waals surface area contributed by atoms with Crippen LogP contribution < -0.4 is 14.8 Å². The number of nitrogens with zero attached hydrogens (tertiary/aromatic N) is 1. The van der Waals surface area contributed by atoms with E-state index in [2.05, 4.69) is 5.32 Å². The monoisotopic (exact) mass is 356 g/mol. The molecule has 0 saturated carbocycles. The van der Waals surface area contributed by atoms with E-state index in [9.17, 15) is 9.18 Å². The molecule has 5 nitrogen and oxygen atoms in total. The van der Waals surface area contributed by atoms with Crippen LogP contribution in [0.2, 0.25) is 0 Å². The number of ether oxygens (including phenoxy) is 2. The highest BCUT2D eigenvalue weighted by Crippen LogP contribution is 2.35. The SMILES string of the molecule is COc1ccc(C=C2C(=O)Nc3ccc(F)cc32)cc1OCCN(C)C. The number of methoxy groups -OCH3 is 1. The number of likely N-dealkylation sites (N-methyl/N-ethyl adjacent to an activating group) is 1. The van der Waals surface area contributed by atoms with Gasteiger partial charge in [-0.1, -0.05) is 6.07 Å². The van der Waals surface area contributed by atoms with Gasteiger partial charge in [-0.15, -0.1) is 0 Å². The summed E-state index contributed by atoms with van der Waals surface area (Å²) in [6, 6.07) is 9.68. The van der Waals surface area contributed by atoms with Gasteiger partial charge in [-0.25, -0.2) is 4.39 Å². The Morgan fingerprint density at radius 2 is 1.96 bits per heavy atom. The van der Waals surface area contributed by atoms with Crippen molar-refractivity contribution in [3.05, 3.63) is 53.3 Å². The number of halogens is 1. The largest absolute Gasteiger partial charge is 0.493 e. The molecule has 2 aromatic rings. The van der Waals surface area contributed by atoms with Crippen LogP contribution in [0.1, 0.15) is 11.1 Å². The molecule has 1 N–H and O–H groups in total. The summed E-state index contributed by atoms with van der Waals surface area (Å²) in [6.45, 7) is 1.28. The van der Waals surface area contributed by atoms with E-state index >= 15 is 0 Å². The first-order valence-corrected chi connectivity index (χ1v) is 8.26. The standard InChI is InChI=1S/C20H21FN2O3/c1-23(2)8-9-26-19-11-13(4-7-18(19)25-3)10-16-15-12-14(21)5-6-17(15)22-20(16)24/h4-7,10-12H,8-9H2,1-3H3,(H,22,24). The zero-order chi connectivity index (χ0) is 18.7. The van der Waals surface area contributed by atoms with Crippen molar-refractivity contribution >= 4 is 23.2 Å². The van der Waals surface area contributed by atoms with Gasteiger partial charge in [0.25, 0.3) is 5.91 Å². The van der Waals surface area contributed by atoms with Gasteiger partial charge < -0.3 is 19.7 Å². The molecular formula is C20H21FN2O3. The number of carbonyl (C=O) groups is 1. The third-order valence-corrected chi connectivity index (χ3v) is 4.06. The van der Waals surface area contributed by atoms with Crippen LogP contribution in [0.5, 0.6) is 11.5 Å². The molecule has 0 bridgehead atoms. The lowest BCUT2D eigenvalue weighted by atomic mass is 10.0. The summed E-state index contributed by atoms with van der Waals surface area (Å²) < 4.78 is 24.7. The smallest absolute Gasteiger partial charge is 0.256 e. The predicted molar refractivity (Wildman–Crippen MR) is 99.9 cm³/mol. The van der Waals surface area contributed by atoms with Gasteiger partial charge >= 0.3 is 0 Å². The number of hydrogen-bond acceptors (Lipinski definition) is 4. The summed E-state index contributed by atoms with van der Waals surface area (Å²) in [4.78, 5) is 14.3. The molecule has 0 radical (unpaired) electrons. The molecule has 0 spiro atoms. The van der Waals surface area contributed by atoms with Crippen LogP contribution in [0.25, 0.3) is 11.6 Å². The molecule has 1 amide bonds. The lowest BCUT2D eigenvalue weighted by Crippen LogP contribution is -2.19. The first-order valence-electron chi connectivity index (χ1n) is 8.26. The fourth-order valence-corrected chi connectivity index (χ4v) is 2.70. The Hall–Kier alpha value is -2.86. The maximum atomic E-state index is 13.6. The number of rotatable bonds is 6. The van der Waals surface area contributed by atoms with Gasteiger partial charge in [0.1, 0.15) is 12.4 Å². The topological polar surface area (TPSA) is 50.8 Å². The van der Waals surface area contributed by atoms with Crippen molar-refractivity contribution in [3.8, 4) is 11.5 Å². The maximum absolute atomic E-state index is 13.6. The number of hydrogen-bond donors (Lipinski definition) is 1. The number of amides is 1. The number of benzene rings is 2. The molecule has 0 fully saturated rings. The molecule has 1 heterocycles. The fourth-order valence-electron chi connectivity index (χ4n) is 2.70. The van der Waals surface area contributed by atoms with Crippen LogP contribution in [0.4, 0.5) is 10.1 Å². The molecule has 1 aliphatic rings. The summed E-state index contributed by atoms with van der Waals surface area (Å²) in [5.74, 6) is 0.583. The van der Waals surface area contributed by atoms with Crippen LogP contribution in [0.3, 0.4) is 0 Å². The van der Waals surface area contributed by atoms with Gasteiger partial charge in [0.15, 0.2) is 11.5 Å².